The van der Waals surface area contributed by atoms with Gasteiger partial charge in [0, 0.05) is 23.3 Å². The Morgan fingerprint density at radius 1 is 1.30 bits per heavy atom. The van der Waals surface area contributed by atoms with Gasteiger partial charge in [-0.3, -0.25) is 4.79 Å². The van der Waals surface area contributed by atoms with Gasteiger partial charge in [0.05, 0.1) is 12.1 Å². The van der Waals surface area contributed by atoms with Crippen LogP contribution >= 0.6 is 36.2 Å². The van der Waals surface area contributed by atoms with Gasteiger partial charge in [-0.1, -0.05) is 6.07 Å². The first kappa shape index (κ1) is 21.3. The Morgan fingerprint density at radius 2 is 2.11 bits per heavy atom. The second-order valence-corrected chi connectivity index (χ2v) is 7.08. The molecule has 0 radical (unpaired) electrons. The lowest BCUT2D eigenvalue weighted by Gasteiger charge is -2.30. The van der Waals surface area contributed by atoms with Crippen molar-refractivity contribution in [2.24, 2.45) is 0 Å². The number of benzene rings is 1. The molecule has 1 aliphatic heterocycles. The number of aromatic nitrogens is 1. The Kier molecular flexibility index (Phi) is 6.92. The van der Waals surface area contributed by atoms with Crippen molar-refractivity contribution >= 4 is 53.4 Å². The third kappa shape index (κ3) is 4.29. The topological polar surface area (TPSA) is 72.4 Å². The fourth-order valence-corrected chi connectivity index (χ4v) is 3.99. The van der Waals surface area contributed by atoms with Crippen molar-refractivity contribution in [2.75, 3.05) is 17.2 Å². The highest BCUT2D eigenvalue weighted by atomic mass is 35.5. The zero-order valence-electron chi connectivity index (χ0n) is 14.8. The number of carbonyl (C=O) groups excluding carboxylic acids is 1. The molecule has 4 rings (SSSR count). The quantitative estimate of drug-likeness (QED) is 0.619. The Morgan fingerprint density at radius 3 is 2.85 bits per heavy atom. The van der Waals surface area contributed by atoms with Crippen LogP contribution in [0.1, 0.15) is 23.4 Å². The molecule has 3 heterocycles. The summed E-state index contributed by atoms with van der Waals surface area (Å²) in [5.41, 5.74) is 9.62. The molecule has 0 fully saturated rings. The van der Waals surface area contributed by atoms with Gasteiger partial charge in [0.2, 0.25) is 5.91 Å². The Labute approximate surface area is 174 Å². The number of furan rings is 1. The number of aryl methyl sites for hydroxylation is 1. The SMILES string of the molecule is Cc1ccc(-c2nc(CC(=O)N3CCCc4c(N)cccc43)cs2)o1.Cl.Cl. The molecule has 0 saturated heterocycles. The van der Waals surface area contributed by atoms with Crippen LogP contribution in [0, 0.1) is 6.92 Å². The molecule has 1 aliphatic rings. The molecule has 1 amide bonds. The Bertz CT molecular complexity index is 939. The van der Waals surface area contributed by atoms with Crippen LogP contribution in [-0.2, 0) is 17.6 Å². The van der Waals surface area contributed by atoms with Crippen molar-refractivity contribution in [3.05, 3.63) is 52.7 Å². The highest BCUT2D eigenvalue weighted by Gasteiger charge is 2.24. The third-order valence-corrected chi connectivity index (χ3v) is 5.33. The number of amides is 1. The number of fused-ring (bicyclic) bond motifs is 1. The number of rotatable bonds is 3. The Hall–Kier alpha value is -2.02. The maximum Gasteiger partial charge on any atom is 0.233 e. The van der Waals surface area contributed by atoms with Gasteiger partial charge in [0.15, 0.2) is 10.8 Å². The van der Waals surface area contributed by atoms with Crippen LogP contribution in [0.3, 0.4) is 0 Å². The molecule has 2 aromatic heterocycles. The number of halogens is 2. The molecule has 27 heavy (non-hydrogen) atoms. The van der Waals surface area contributed by atoms with E-state index in [1.807, 2.05) is 47.5 Å². The summed E-state index contributed by atoms with van der Waals surface area (Å²) in [6.45, 7) is 2.63. The number of nitrogen functional groups attached to an aromatic ring is 1. The maximum absolute atomic E-state index is 12.8. The summed E-state index contributed by atoms with van der Waals surface area (Å²) in [5, 5.41) is 2.73. The maximum atomic E-state index is 12.8. The van der Waals surface area contributed by atoms with Crippen LogP contribution in [0.2, 0.25) is 0 Å². The number of hydrogen-bond donors (Lipinski definition) is 1. The van der Waals surface area contributed by atoms with E-state index in [4.69, 9.17) is 10.2 Å². The van der Waals surface area contributed by atoms with Crippen LogP contribution in [-0.4, -0.2) is 17.4 Å². The highest BCUT2D eigenvalue weighted by molar-refractivity contribution is 7.13. The first-order valence-corrected chi connectivity index (χ1v) is 9.19. The van der Waals surface area contributed by atoms with Gasteiger partial charge in [0.25, 0.3) is 0 Å². The molecule has 5 nitrogen and oxygen atoms in total. The number of anilines is 2. The molecule has 144 valence electrons. The van der Waals surface area contributed by atoms with E-state index >= 15 is 0 Å². The first-order chi connectivity index (χ1) is 12.1. The Balaban J connectivity index is 0.00000131. The van der Waals surface area contributed by atoms with Crippen molar-refractivity contribution in [2.45, 2.75) is 26.2 Å². The number of hydrogen-bond acceptors (Lipinski definition) is 5. The summed E-state index contributed by atoms with van der Waals surface area (Å²) in [6, 6.07) is 9.59. The van der Waals surface area contributed by atoms with E-state index in [0.29, 0.717) is 0 Å². The van der Waals surface area contributed by atoms with Crippen LogP contribution in [0.25, 0.3) is 10.8 Å². The number of carbonyl (C=O) groups is 1. The predicted molar refractivity (Wildman–Crippen MR) is 114 cm³/mol. The lowest BCUT2D eigenvalue weighted by Crippen LogP contribution is -2.36. The van der Waals surface area contributed by atoms with E-state index in [9.17, 15) is 4.79 Å². The van der Waals surface area contributed by atoms with Crippen molar-refractivity contribution in [3.8, 4) is 10.8 Å². The number of thiazole rings is 1. The van der Waals surface area contributed by atoms with Crippen LogP contribution in [0.5, 0.6) is 0 Å². The van der Waals surface area contributed by atoms with E-state index in [2.05, 4.69) is 4.98 Å². The van der Waals surface area contributed by atoms with Crippen molar-refractivity contribution in [3.63, 3.8) is 0 Å². The fourth-order valence-electron chi connectivity index (χ4n) is 3.21. The predicted octanol–water partition coefficient (Wildman–Crippen LogP) is 4.66. The van der Waals surface area contributed by atoms with Gasteiger partial charge in [0.1, 0.15) is 5.76 Å². The zero-order valence-corrected chi connectivity index (χ0v) is 17.3. The first-order valence-electron chi connectivity index (χ1n) is 8.31. The van der Waals surface area contributed by atoms with Crippen molar-refractivity contribution in [1.29, 1.82) is 0 Å². The van der Waals surface area contributed by atoms with Crippen LogP contribution in [0.15, 0.2) is 40.1 Å². The molecule has 0 aliphatic carbocycles. The summed E-state index contributed by atoms with van der Waals surface area (Å²) in [4.78, 5) is 19.2. The minimum Gasteiger partial charge on any atom is -0.459 e. The molecular weight excluding hydrogens is 405 g/mol. The lowest BCUT2D eigenvalue weighted by atomic mass is 9.99. The molecule has 2 N–H and O–H groups in total. The monoisotopic (exact) mass is 425 g/mol. The molecule has 0 saturated carbocycles. The van der Waals surface area contributed by atoms with E-state index in [0.717, 1.165) is 58.5 Å². The van der Waals surface area contributed by atoms with Crippen LogP contribution < -0.4 is 10.6 Å². The largest absolute Gasteiger partial charge is 0.459 e. The average Bonchev–Trinajstić information content (AvgIpc) is 3.23. The normalized spacial score (nSPS) is 12.7. The van der Waals surface area contributed by atoms with Gasteiger partial charge in [-0.15, -0.1) is 36.2 Å². The average molecular weight is 426 g/mol. The smallest absolute Gasteiger partial charge is 0.233 e. The van der Waals surface area contributed by atoms with Gasteiger partial charge < -0.3 is 15.1 Å². The molecule has 0 unspecified atom stereocenters. The standard InChI is InChI=1S/C19H19N3O2S.2ClH/c1-12-7-8-17(24-12)19-21-13(11-25-19)10-18(23)22-9-3-4-14-15(20)5-2-6-16(14)22;;/h2,5-8,11H,3-4,9-10,20H2,1H3;2*1H. The van der Waals surface area contributed by atoms with Gasteiger partial charge in [-0.25, -0.2) is 4.98 Å². The summed E-state index contributed by atoms with van der Waals surface area (Å²) < 4.78 is 5.60. The summed E-state index contributed by atoms with van der Waals surface area (Å²) >= 11 is 1.50. The molecule has 0 spiro atoms. The second kappa shape index (κ2) is 8.78. The lowest BCUT2D eigenvalue weighted by molar-refractivity contribution is -0.118. The van der Waals surface area contributed by atoms with Crippen LogP contribution in [0.4, 0.5) is 11.4 Å². The van der Waals surface area contributed by atoms with Gasteiger partial charge in [-0.2, -0.15) is 0 Å². The molecular formula is C19H21Cl2N3O2S. The zero-order chi connectivity index (χ0) is 17.4. The van der Waals surface area contributed by atoms with E-state index in [1.54, 1.807) is 0 Å². The van der Waals surface area contributed by atoms with Gasteiger partial charge in [-0.05, 0) is 49.6 Å². The van der Waals surface area contributed by atoms with Crippen molar-refractivity contribution in [1.82, 2.24) is 4.98 Å². The van der Waals surface area contributed by atoms with E-state index in [1.165, 1.54) is 11.3 Å². The van der Waals surface area contributed by atoms with E-state index in [-0.39, 0.29) is 37.1 Å². The molecule has 3 aromatic rings. The number of nitrogens with two attached hydrogens (primary N) is 1. The minimum atomic E-state index is 0. The molecule has 8 heteroatoms. The second-order valence-electron chi connectivity index (χ2n) is 6.22. The number of nitrogens with zero attached hydrogens (tertiary/aromatic N) is 2. The fraction of sp³-hybridized carbons (Fsp3) is 0.263. The summed E-state index contributed by atoms with van der Waals surface area (Å²) in [6.07, 6.45) is 2.13. The molecule has 0 bridgehead atoms. The van der Waals surface area contributed by atoms with Gasteiger partial charge >= 0.3 is 0 Å². The highest BCUT2D eigenvalue weighted by Crippen LogP contribution is 2.32. The summed E-state index contributed by atoms with van der Waals surface area (Å²) in [5.74, 6) is 1.65. The molecule has 1 aromatic carbocycles. The summed E-state index contributed by atoms with van der Waals surface area (Å²) in [7, 11) is 0. The van der Waals surface area contributed by atoms with Crippen molar-refractivity contribution < 1.29 is 9.21 Å². The molecule has 0 atom stereocenters. The van der Waals surface area contributed by atoms with E-state index < -0.39 is 0 Å². The third-order valence-electron chi connectivity index (χ3n) is 4.42. The minimum absolute atomic E-state index is 0.